The molecule has 116 valence electrons. The van der Waals surface area contributed by atoms with E-state index in [-0.39, 0.29) is 17.2 Å². The summed E-state index contributed by atoms with van der Waals surface area (Å²) in [6.45, 7) is 9.69. The van der Waals surface area contributed by atoms with Crippen LogP contribution in [-0.2, 0) is 4.79 Å². The Kier molecular flexibility index (Phi) is 6.65. The first-order valence-electron chi connectivity index (χ1n) is 7.23. The Balaban J connectivity index is 2.72. The van der Waals surface area contributed by atoms with E-state index >= 15 is 0 Å². The molecule has 5 nitrogen and oxygen atoms in total. The van der Waals surface area contributed by atoms with E-state index in [0.717, 1.165) is 37.8 Å². The van der Waals surface area contributed by atoms with Gasteiger partial charge in [0.1, 0.15) is 6.54 Å². The molecule has 1 fully saturated rings. The second kappa shape index (κ2) is 7.76. The third-order valence-electron chi connectivity index (χ3n) is 3.12. The number of carbonyl (C=O) groups excluding carboxylic acids is 1. The van der Waals surface area contributed by atoms with Crippen LogP contribution < -0.4 is 5.32 Å². The average Bonchev–Trinajstić information content (AvgIpc) is 2.37. The Labute approximate surface area is 127 Å². The van der Waals surface area contributed by atoms with Gasteiger partial charge in [0.15, 0.2) is 5.96 Å². The van der Waals surface area contributed by atoms with Crippen LogP contribution in [0, 0.1) is 0 Å². The maximum Gasteiger partial charge on any atom is 0.243 e. The van der Waals surface area contributed by atoms with Gasteiger partial charge in [0.05, 0.1) is 0 Å². The molecule has 0 aromatic heterocycles. The van der Waals surface area contributed by atoms with Crippen molar-refractivity contribution in [3.8, 4) is 0 Å². The number of likely N-dealkylation sites (N-methyl/N-ethyl adjacent to an activating group) is 1. The first kappa shape index (κ1) is 17.1. The first-order chi connectivity index (χ1) is 9.35. The smallest absolute Gasteiger partial charge is 0.243 e. The highest BCUT2D eigenvalue weighted by molar-refractivity contribution is 8.00. The zero-order valence-corrected chi connectivity index (χ0v) is 14.2. The van der Waals surface area contributed by atoms with Crippen LogP contribution in [-0.4, -0.2) is 72.4 Å². The monoisotopic (exact) mass is 300 g/mol. The highest BCUT2D eigenvalue weighted by Gasteiger charge is 2.28. The average molecular weight is 300 g/mol. The van der Waals surface area contributed by atoms with Gasteiger partial charge in [0, 0.05) is 44.2 Å². The van der Waals surface area contributed by atoms with Gasteiger partial charge in [-0.3, -0.25) is 4.79 Å². The predicted molar refractivity (Wildman–Crippen MR) is 87.4 cm³/mol. The predicted octanol–water partition coefficient (Wildman–Crippen LogP) is 1.26. The standard InChI is InChI=1S/C14H28N4OS/c1-6-7-15-13(16-10-12(19)17(4)5)18-8-9-20-14(2,3)11-18/h6-11H2,1-5H3,(H,15,16). The van der Waals surface area contributed by atoms with Gasteiger partial charge in [-0.05, 0) is 20.3 Å². The van der Waals surface area contributed by atoms with Crippen molar-refractivity contribution >= 4 is 23.6 Å². The number of hydrogen-bond donors (Lipinski definition) is 1. The summed E-state index contributed by atoms with van der Waals surface area (Å²) in [5, 5.41) is 3.37. The van der Waals surface area contributed by atoms with E-state index in [4.69, 9.17) is 0 Å². The van der Waals surface area contributed by atoms with Gasteiger partial charge in [-0.2, -0.15) is 11.8 Å². The van der Waals surface area contributed by atoms with Crippen molar-refractivity contribution in [1.82, 2.24) is 15.1 Å². The second-order valence-corrected chi connectivity index (χ2v) is 7.69. The van der Waals surface area contributed by atoms with Crippen molar-refractivity contribution in [3.63, 3.8) is 0 Å². The molecule has 0 aromatic carbocycles. The number of thioether (sulfide) groups is 1. The number of hydrogen-bond acceptors (Lipinski definition) is 3. The molecule has 1 heterocycles. The lowest BCUT2D eigenvalue weighted by Gasteiger charge is -2.39. The van der Waals surface area contributed by atoms with Gasteiger partial charge in [-0.25, -0.2) is 4.99 Å². The molecule has 0 atom stereocenters. The van der Waals surface area contributed by atoms with Crippen LogP contribution >= 0.6 is 11.8 Å². The van der Waals surface area contributed by atoms with Crippen molar-refractivity contribution in [2.75, 3.05) is 46.0 Å². The number of aliphatic imine (C=N–C) groups is 1. The molecule has 0 spiro atoms. The fourth-order valence-electron chi connectivity index (χ4n) is 1.99. The van der Waals surface area contributed by atoms with Gasteiger partial charge in [-0.15, -0.1) is 0 Å². The van der Waals surface area contributed by atoms with Crippen LogP contribution in [0.15, 0.2) is 4.99 Å². The lowest BCUT2D eigenvalue weighted by Crippen LogP contribution is -2.51. The number of nitrogens with zero attached hydrogens (tertiary/aromatic N) is 3. The summed E-state index contributed by atoms with van der Waals surface area (Å²) in [6.07, 6.45) is 1.05. The Hall–Kier alpha value is -0.910. The van der Waals surface area contributed by atoms with Crippen LogP contribution in [0.3, 0.4) is 0 Å². The molecule has 0 aliphatic carbocycles. The third-order valence-corrected chi connectivity index (χ3v) is 4.42. The summed E-state index contributed by atoms with van der Waals surface area (Å²) in [5.74, 6) is 2.00. The summed E-state index contributed by atoms with van der Waals surface area (Å²) < 4.78 is 0.235. The molecule has 1 aliphatic heterocycles. The molecule has 1 amide bonds. The minimum atomic E-state index is 0.0337. The second-order valence-electron chi connectivity index (χ2n) is 5.88. The number of nitrogens with one attached hydrogen (secondary N) is 1. The topological polar surface area (TPSA) is 47.9 Å². The van der Waals surface area contributed by atoms with E-state index in [9.17, 15) is 4.79 Å². The number of carbonyl (C=O) groups is 1. The lowest BCUT2D eigenvalue weighted by molar-refractivity contribution is -0.127. The van der Waals surface area contributed by atoms with Crippen molar-refractivity contribution < 1.29 is 4.79 Å². The van der Waals surface area contributed by atoms with E-state index in [1.54, 1.807) is 19.0 Å². The van der Waals surface area contributed by atoms with Crippen LogP contribution in [0.25, 0.3) is 0 Å². The van der Waals surface area contributed by atoms with E-state index in [2.05, 4.69) is 36.0 Å². The molecule has 1 aliphatic rings. The van der Waals surface area contributed by atoms with E-state index < -0.39 is 0 Å². The third kappa shape index (κ3) is 5.61. The number of amides is 1. The normalized spacial score (nSPS) is 18.9. The molecular formula is C14H28N4OS. The van der Waals surface area contributed by atoms with Crippen LogP contribution in [0.5, 0.6) is 0 Å². The Bertz CT molecular complexity index is 355. The molecule has 1 saturated heterocycles. The van der Waals surface area contributed by atoms with Crippen molar-refractivity contribution in [1.29, 1.82) is 0 Å². The molecule has 0 unspecified atom stereocenters. The summed E-state index contributed by atoms with van der Waals surface area (Å²) >= 11 is 2.00. The SMILES string of the molecule is CCCNC(=NCC(=O)N(C)C)N1CCSC(C)(C)C1. The summed E-state index contributed by atoms with van der Waals surface area (Å²) in [7, 11) is 3.52. The molecule has 0 saturated carbocycles. The summed E-state index contributed by atoms with van der Waals surface area (Å²) in [6, 6.07) is 0. The Morgan fingerprint density at radius 2 is 2.15 bits per heavy atom. The minimum Gasteiger partial charge on any atom is -0.356 e. The maximum atomic E-state index is 11.7. The van der Waals surface area contributed by atoms with Gasteiger partial charge < -0.3 is 15.1 Å². The summed E-state index contributed by atoms with van der Waals surface area (Å²) in [4.78, 5) is 20.1. The number of guanidine groups is 1. The van der Waals surface area contributed by atoms with E-state index in [0.29, 0.717) is 0 Å². The van der Waals surface area contributed by atoms with Crippen LogP contribution in [0.1, 0.15) is 27.2 Å². The quantitative estimate of drug-likeness (QED) is 0.627. The van der Waals surface area contributed by atoms with Gasteiger partial charge >= 0.3 is 0 Å². The molecule has 0 radical (unpaired) electrons. The van der Waals surface area contributed by atoms with Gasteiger partial charge in [0.25, 0.3) is 0 Å². The number of rotatable bonds is 4. The fourth-order valence-corrected chi connectivity index (χ4v) is 3.10. The molecule has 20 heavy (non-hydrogen) atoms. The lowest BCUT2D eigenvalue weighted by atomic mass is 10.2. The summed E-state index contributed by atoms with van der Waals surface area (Å²) in [5.41, 5.74) is 0. The van der Waals surface area contributed by atoms with Crippen LogP contribution in [0.4, 0.5) is 0 Å². The van der Waals surface area contributed by atoms with Gasteiger partial charge in [0.2, 0.25) is 5.91 Å². The van der Waals surface area contributed by atoms with Crippen molar-refractivity contribution in [2.24, 2.45) is 4.99 Å². The maximum absolute atomic E-state index is 11.7. The highest BCUT2D eigenvalue weighted by Crippen LogP contribution is 2.29. The Morgan fingerprint density at radius 1 is 1.45 bits per heavy atom. The van der Waals surface area contributed by atoms with Crippen LogP contribution in [0.2, 0.25) is 0 Å². The highest BCUT2D eigenvalue weighted by atomic mass is 32.2. The molecule has 0 bridgehead atoms. The van der Waals surface area contributed by atoms with Gasteiger partial charge in [-0.1, -0.05) is 6.92 Å². The molecule has 1 rings (SSSR count). The molecule has 0 aromatic rings. The molecule has 1 N–H and O–H groups in total. The van der Waals surface area contributed by atoms with Crippen molar-refractivity contribution in [3.05, 3.63) is 0 Å². The zero-order valence-electron chi connectivity index (χ0n) is 13.4. The van der Waals surface area contributed by atoms with Crippen molar-refractivity contribution in [2.45, 2.75) is 31.9 Å². The van der Waals surface area contributed by atoms with E-state index in [1.165, 1.54) is 0 Å². The van der Waals surface area contributed by atoms with E-state index in [1.807, 2.05) is 11.8 Å². The zero-order chi connectivity index (χ0) is 15.2. The Morgan fingerprint density at radius 3 is 2.70 bits per heavy atom. The molecular weight excluding hydrogens is 272 g/mol. The largest absolute Gasteiger partial charge is 0.356 e. The fraction of sp³-hybridized carbons (Fsp3) is 0.857. The minimum absolute atomic E-state index is 0.0337. The molecule has 6 heteroatoms. The first-order valence-corrected chi connectivity index (χ1v) is 8.21.